The van der Waals surface area contributed by atoms with Crippen LogP contribution in [0.5, 0.6) is 0 Å². The lowest BCUT2D eigenvalue weighted by Crippen LogP contribution is -2.39. The van der Waals surface area contributed by atoms with Crippen LogP contribution in [0, 0.1) is 5.92 Å². The van der Waals surface area contributed by atoms with Crippen molar-refractivity contribution in [3.8, 4) is 0 Å². The molecule has 1 rings (SSSR count). The molecule has 0 saturated heterocycles. The minimum absolute atomic E-state index is 0.128. The summed E-state index contributed by atoms with van der Waals surface area (Å²) >= 11 is 0. The smallest absolute Gasteiger partial charge is 0.422 e. The largest absolute Gasteiger partial charge is 0.480 e. The van der Waals surface area contributed by atoms with Crippen molar-refractivity contribution in [1.82, 2.24) is 4.90 Å². The van der Waals surface area contributed by atoms with E-state index in [2.05, 4.69) is 4.74 Å². The molecule has 0 aromatic heterocycles. The zero-order chi connectivity index (χ0) is 13.1. The van der Waals surface area contributed by atoms with Crippen LogP contribution in [0.1, 0.15) is 12.8 Å². The Bertz CT molecular complexity index is 301. The van der Waals surface area contributed by atoms with E-state index in [9.17, 15) is 22.8 Å². The second-order valence-corrected chi connectivity index (χ2v) is 3.89. The van der Waals surface area contributed by atoms with Gasteiger partial charge in [-0.1, -0.05) is 0 Å². The quantitative estimate of drug-likeness (QED) is 0.808. The molecule has 0 radical (unpaired) electrons. The number of hydrogen-bond donors (Lipinski definition) is 1. The van der Waals surface area contributed by atoms with E-state index in [0.717, 1.165) is 17.7 Å². The first-order valence-electron chi connectivity index (χ1n) is 4.98. The number of ether oxygens (including phenoxy) is 1. The fourth-order valence-corrected chi connectivity index (χ4v) is 1.21. The molecule has 0 aliphatic heterocycles. The summed E-state index contributed by atoms with van der Waals surface area (Å²) in [6, 6.07) is 0. The lowest BCUT2D eigenvalue weighted by atomic mass is 10.4. The maximum Gasteiger partial charge on any atom is 0.422 e. The number of carbonyl (C=O) groups excluding carboxylic acids is 1. The van der Waals surface area contributed by atoms with Gasteiger partial charge in [-0.2, -0.15) is 13.2 Å². The van der Waals surface area contributed by atoms with E-state index in [1.165, 1.54) is 0 Å². The van der Waals surface area contributed by atoms with Gasteiger partial charge in [-0.3, -0.25) is 9.69 Å². The third-order valence-corrected chi connectivity index (χ3v) is 2.12. The van der Waals surface area contributed by atoms with Gasteiger partial charge in [0.2, 0.25) is 0 Å². The Labute approximate surface area is 95.1 Å². The zero-order valence-corrected chi connectivity index (χ0v) is 8.87. The number of alkyl halides is 3. The molecule has 1 amide bonds. The molecule has 5 nitrogen and oxygen atoms in total. The number of aliphatic carboxylic acids is 1. The van der Waals surface area contributed by atoms with Crippen molar-refractivity contribution in [2.24, 2.45) is 5.92 Å². The maximum absolute atomic E-state index is 11.8. The zero-order valence-electron chi connectivity index (χ0n) is 8.87. The van der Waals surface area contributed by atoms with E-state index in [-0.39, 0.29) is 12.5 Å². The first-order valence-corrected chi connectivity index (χ1v) is 4.98. The van der Waals surface area contributed by atoms with Gasteiger partial charge in [0.25, 0.3) is 0 Å². The number of carboxylic acid groups (broad SMARTS) is 1. The third kappa shape index (κ3) is 5.98. The standard InChI is InChI=1S/C9H12F3NO4/c10-9(11,12)5-17-8(16)13(4-7(14)15)3-6-1-2-6/h6H,1-5H2,(H,14,15). The highest BCUT2D eigenvalue weighted by Gasteiger charge is 2.33. The molecular weight excluding hydrogens is 243 g/mol. The summed E-state index contributed by atoms with van der Waals surface area (Å²) in [5.74, 6) is -1.11. The van der Waals surface area contributed by atoms with Crippen molar-refractivity contribution >= 4 is 12.1 Å². The van der Waals surface area contributed by atoms with Crippen LogP contribution in [-0.4, -0.2) is 47.9 Å². The number of carboxylic acids is 1. The van der Waals surface area contributed by atoms with Crippen LogP contribution in [0.3, 0.4) is 0 Å². The molecule has 1 aliphatic carbocycles. The summed E-state index contributed by atoms with van der Waals surface area (Å²) in [5, 5.41) is 8.52. The fraction of sp³-hybridized carbons (Fsp3) is 0.778. The van der Waals surface area contributed by atoms with Gasteiger partial charge < -0.3 is 9.84 Å². The van der Waals surface area contributed by atoms with E-state index in [4.69, 9.17) is 5.11 Å². The molecule has 8 heteroatoms. The molecule has 0 atom stereocenters. The predicted molar refractivity (Wildman–Crippen MR) is 49.3 cm³/mol. The van der Waals surface area contributed by atoms with Gasteiger partial charge in [-0.15, -0.1) is 0 Å². The van der Waals surface area contributed by atoms with Crippen molar-refractivity contribution in [3.05, 3.63) is 0 Å². The van der Waals surface area contributed by atoms with Crippen LogP contribution >= 0.6 is 0 Å². The normalized spacial score (nSPS) is 15.5. The number of hydrogen-bond acceptors (Lipinski definition) is 3. The summed E-state index contributed by atoms with van der Waals surface area (Å²) in [5.41, 5.74) is 0. The average Bonchev–Trinajstić information content (AvgIpc) is 2.95. The van der Waals surface area contributed by atoms with Gasteiger partial charge in [0.15, 0.2) is 6.61 Å². The minimum Gasteiger partial charge on any atom is -0.480 e. The third-order valence-electron chi connectivity index (χ3n) is 2.12. The van der Waals surface area contributed by atoms with Crippen LogP contribution in [0.2, 0.25) is 0 Å². The van der Waals surface area contributed by atoms with Crippen LogP contribution in [0.15, 0.2) is 0 Å². The monoisotopic (exact) mass is 255 g/mol. The van der Waals surface area contributed by atoms with Crippen LogP contribution in [0.4, 0.5) is 18.0 Å². The molecule has 0 bridgehead atoms. The van der Waals surface area contributed by atoms with Gasteiger partial charge in [-0.25, -0.2) is 4.79 Å². The number of nitrogens with zero attached hydrogens (tertiary/aromatic N) is 1. The Morgan fingerprint density at radius 2 is 1.94 bits per heavy atom. The highest BCUT2D eigenvalue weighted by molar-refractivity contribution is 5.76. The number of amides is 1. The lowest BCUT2D eigenvalue weighted by molar-refractivity contribution is -0.162. The van der Waals surface area contributed by atoms with Gasteiger partial charge in [0, 0.05) is 6.54 Å². The number of carbonyl (C=O) groups is 2. The van der Waals surface area contributed by atoms with Gasteiger partial charge in [0.1, 0.15) is 6.54 Å². The molecule has 0 aromatic carbocycles. The van der Waals surface area contributed by atoms with E-state index in [0.29, 0.717) is 0 Å². The van der Waals surface area contributed by atoms with Crippen molar-refractivity contribution in [3.63, 3.8) is 0 Å². The highest BCUT2D eigenvalue weighted by atomic mass is 19.4. The van der Waals surface area contributed by atoms with Crippen molar-refractivity contribution in [1.29, 1.82) is 0 Å². The first-order chi connectivity index (χ1) is 7.78. The Morgan fingerprint density at radius 3 is 2.35 bits per heavy atom. The number of rotatable bonds is 5. The summed E-state index contributed by atoms with van der Waals surface area (Å²) in [7, 11) is 0. The van der Waals surface area contributed by atoms with E-state index in [1.807, 2.05) is 0 Å². The van der Waals surface area contributed by atoms with Gasteiger partial charge >= 0.3 is 18.2 Å². The summed E-state index contributed by atoms with van der Waals surface area (Å²) < 4.78 is 39.4. The SMILES string of the molecule is O=C(O)CN(CC1CC1)C(=O)OCC(F)(F)F. The van der Waals surface area contributed by atoms with Crippen LogP contribution < -0.4 is 0 Å². The molecule has 1 saturated carbocycles. The summed E-state index contributed by atoms with van der Waals surface area (Å²) in [6.07, 6.45) is -4.15. The van der Waals surface area contributed by atoms with Crippen molar-refractivity contribution in [2.75, 3.05) is 19.7 Å². The highest BCUT2D eigenvalue weighted by Crippen LogP contribution is 2.29. The Hall–Kier alpha value is -1.47. The molecule has 0 spiro atoms. The molecule has 0 heterocycles. The van der Waals surface area contributed by atoms with Crippen molar-refractivity contribution < 1.29 is 32.6 Å². The molecule has 1 N–H and O–H groups in total. The molecule has 1 aliphatic rings. The van der Waals surface area contributed by atoms with E-state index >= 15 is 0 Å². The number of halogens is 3. The summed E-state index contributed by atoms with van der Waals surface area (Å²) in [4.78, 5) is 22.5. The summed E-state index contributed by atoms with van der Waals surface area (Å²) in [6.45, 7) is -2.22. The molecule has 0 unspecified atom stereocenters. The average molecular weight is 255 g/mol. The van der Waals surface area contributed by atoms with Crippen molar-refractivity contribution in [2.45, 2.75) is 19.0 Å². The molecular formula is C9H12F3NO4. The van der Waals surface area contributed by atoms with E-state index in [1.54, 1.807) is 0 Å². The molecule has 1 fully saturated rings. The molecule has 0 aromatic rings. The second-order valence-electron chi connectivity index (χ2n) is 3.89. The maximum atomic E-state index is 11.8. The Balaban J connectivity index is 2.43. The lowest BCUT2D eigenvalue weighted by Gasteiger charge is -2.20. The van der Waals surface area contributed by atoms with Gasteiger partial charge in [-0.05, 0) is 18.8 Å². The first kappa shape index (κ1) is 13.6. The minimum atomic E-state index is -4.61. The van der Waals surface area contributed by atoms with Gasteiger partial charge in [0.05, 0.1) is 0 Å². The molecule has 98 valence electrons. The molecule has 17 heavy (non-hydrogen) atoms. The fourth-order valence-electron chi connectivity index (χ4n) is 1.21. The predicted octanol–water partition coefficient (Wildman–Crippen LogP) is 1.48. The Kier molecular flexibility index (Phi) is 4.19. The topological polar surface area (TPSA) is 66.8 Å². The van der Waals surface area contributed by atoms with Crippen LogP contribution in [0.25, 0.3) is 0 Å². The van der Waals surface area contributed by atoms with E-state index < -0.39 is 31.4 Å². The van der Waals surface area contributed by atoms with Crippen LogP contribution in [-0.2, 0) is 9.53 Å². The Morgan fingerprint density at radius 1 is 1.35 bits per heavy atom. The second kappa shape index (κ2) is 5.24.